The topological polar surface area (TPSA) is 58.4 Å². The lowest BCUT2D eigenvalue weighted by atomic mass is 10.0. The number of nitrogens with zero attached hydrogens (tertiary/aromatic N) is 4. The van der Waals surface area contributed by atoms with Crippen LogP contribution in [0.25, 0.3) is 11.1 Å². The number of amides is 1. The van der Waals surface area contributed by atoms with Crippen LogP contribution in [-0.2, 0) is 42.7 Å². The Morgan fingerprint density at radius 1 is 0.872 bits per heavy atom. The van der Waals surface area contributed by atoms with E-state index in [0.29, 0.717) is 54.5 Å². The predicted octanol–water partition coefficient (Wildman–Crippen LogP) is 7.22. The zero-order chi connectivity index (χ0) is 33.6. The lowest BCUT2D eigenvalue weighted by Gasteiger charge is -2.28. The van der Waals surface area contributed by atoms with Crippen LogP contribution in [-0.4, -0.2) is 51.4 Å². The van der Waals surface area contributed by atoms with Crippen molar-refractivity contribution >= 4 is 17.7 Å². The van der Waals surface area contributed by atoms with Gasteiger partial charge in [-0.25, -0.2) is 4.39 Å². The van der Waals surface area contributed by atoms with Crippen LogP contribution in [0.1, 0.15) is 48.2 Å². The maximum Gasteiger partial charge on any atom is 0.416 e. The van der Waals surface area contributed by atoms with Gasteiger partial charge in [-0.2, -0.15) is 18.2 Å². The average molecular weight is 666 g/mol. The van der Waals surface area contributed by atoms with Gasteiger partial charge in [-0.1, -0.05) is 74.1 Å². The molecule has 0 radical (unpaired) electrons. The normalized spacial score (nSPS) is 12.8. The Hall–Kier alpha value is -3.96. The van der Waals surface area contributed by atoms with Crippen LogP contribution >= 0.6 is 11.8 Å². The molecule has 0 bridgehead atoms. The number of carbonyl (C=O) groups is 1. The number of hydrogen-bond acceptors (Lipinski definition) is 5. The summed E-state index contributed by atoms with van der Waals surface area (Å²) in [5.41, 5.74) is 3.79. The molecule has 1 aliphatic rings. The summed E-state index contributed by atoms with van der Waals surface area (Å²) in [6, 6.07) is 18.8. The molecule has 0 spiro atoms. The van der Waals surface area contributed by atoms with Gasteiger partial charge in [0.25, 0.3) is 5.56 Å². The fraction of sp³-hybridized carbons (Fsp3) is 0.361. The summed E-state index contributed by atoms with van der Waals surface area (Å²) in [5, 5.41) is 0.470. The molecule has 6 nitrogen and oxygen atoms in total. The summed E-state index contributed by atoms with van der Waals surface area (Å²) in [6.45, 7) is 7.42. The highest BCUT2D eigenvalue weighted by molar-refractivity contribution is 7.98. The van der Waals surface area contributed by atoms with Gasteiger partial charge < -0.3 is 14.4 Å². The minimum atomic E-state index is -4.39. The molecule has 248 valence electrons. The van der Waals surface area contributed by atoms with Gasteiger partial charge in [-0.15, -0.1) is 0 Å². The lowest BCUT2D eigenvalue weighted by molar-refractivity contribution is -0.137. The van der Waals surface area contributed by atoms with Crippen molar-refractivity contribution in [3.63, 3.8) is 0 Å². The number of carbonyl (C=O) groups excluding carboxylic acids is 1. The monoisotopic (exact) mass is 665 g/mol. The Morgan fingerprint density at radius 2 is 1.49 bits per heavy atom. The van der Waals surface area contributed by atoms with Crippen molar-refractivity contribution in [3.05, 3.63) is 117 Å². The number of fused-ring (bicyclic) bond motifs is 1. The molecule has 0 saturated carbocycles. The van der Waals surface area contributed by atoms with Gasteiger partial charge >= 0.3 is 6.18 Å². The number of likely N-dealkylation sites (N-methyl/N-ethyl adjacent to an activating group) is 1. The second-order valence-corrected chi connectivity index (χ2v) is 12.5. The Labute approximate surface area is 276 Å². The molecule has 1 aliphatic carbocycles. The predicted molar refractivity (Wildman–Crippen MR) is 177 cm³/mol. The van der Waals surface area contributed by atoms with Crippen molar-refractivity contribution in [1.82, 2.24) is 19.4 Å². The maximum absolute atomic E-state index is 14.1. The number of thioether (sulfide) groups is 1. The molecule has 0 atom stereocenters. The number of rotatable bonds is 13. The second kappa shape index (κ2) is 15.3. The van der Waals surface area contributed by atoms with E-state index in [1.807, 2.05) is 33.7 Å². The molecular weight excluding hydrogens is 627 g/mol. The number of alkyl halides is 3. The fourth-order valence-electron chi connectivity index (χ4n) is 5.79. The lowest BCUT2D eigenvalue weighted by Crippen LogP contribution is -2.40. The molecule has 11 heteroatoms. The minimum Gasteiger partial charge on any atom is -0.336 e. The van der Waals surface area contributed by atoms with Crippen molar-refractivity contribution in [2.75, 3.05) is 26.2 Å². The van der Waals surface area contributed by atoms with E-state index in [2.05, 4.69) is 23.7 Å². The van der Waals surface area contributed by atoms with Gasteiger partial charge in [-0.3, -0.25) is 9.59 Å². The Morgan fingerprint density at radius 3 is 2.11 bits per heavy atom. The highest BCUT2D eigenvalue weighted by Gasteiger charge is 2.30. The Bertz CT molecular complexity index is 1720. The summed E-state index contributed by atoms with van der Waals surface area (Å²) in [4.78, 5) is 35.4. The maximum atomic E-state index is 14.1. The van der Waals surface area contributed by atoms with E-state index in [4.69, 9.17) is 0 Å². The Kier molecular flexibility index (Phi) is 11.2. The summed E-state index contributed by atoms with van der Waals surface area (Å²) < 4.78 is 54.4. The van der Waals surface area contributed by atoms with Crippen LogP contribution in [0.2, 0.25) is 0 Å². The van der Waals surface area contributed by atoms with E-state index in [0.717, 1.165) is 54.0 Å². The van der Waals surface area contributed by atoms with Crippen molar-refractivity contribution in [3.8, 4) is 11.1 Å². The van der Waals surface area contributed by atoms with E-state index < -0.39 is 11.7 Å². The molecule has 0 unspecified atom stereocenters. The van der Waals surface area contributed by atoms with Crippen LogP contribution in [0.3, 0.4) is 0 Å². The molecule has 0 saturated heterocycles. The molecule has 1 aromatic heterocycles. The van der Waals surface area contributed by atoms with Crippen LogP contribution in [0.15, 0.2) is 82.7 Å². The molecule has 4 aromatic rings. The van der Waals surface area contributed by atoms with Gasteiger partial charge in [0.1, 0.15) is 12.4 Å². The van der Waals surface area contributed by atoms with Crippen molar-refractivity contribution in [2.45, 2.75) is 63.3 Å². The number of halogens is 4. The van der Waals surface area contributed by atoms with Crippen molar-refractivity contribution in [1.29, 1.82) is 0 Å². The first kappa shape index (κ1) is 34.4. The molecule has 1 heterocycles. The van der Waals surface area contributed by atoms with E-state index in [9.17, 15) is 27.2 Å². The van der Waals surface area contributed by atoms with Gasteiger partial charge in [0.2, 0.25) is 5.91 Å². The third kappa shape index (κ3) is 8.70. The van der Waals surface area contributed by atoms with Gasteiger partial charge in [0.15, 0.2) is 5.16 Å². The average Bonchev–Trinajstić information content (AvgIpc) is 3.57. The SMILES string of the molecule is CCN(CC)CCN(Cc1ccc(-c2ccc(C(F)(F)F)cc2)cc1)C(=O)Cn1c(SCc2ccc([18F])cc2)nc(=O)c2c1CCC2. The van der Waals surface area contributed by atoms with E-state index in [1.54, 1.807) is 12.1 Å². The van der Waals surface area contributed by atoms with E-state index in [1.165, 1.54) is 36.0 Å². The van der Waals surface area contributed by atoms with E-state index in [-0.39, 0.29) is 23.8 Å². The summed E-state index contributed by atoms with van der Waals surface area (Å²) in [7, 11) is 0. The summed E-state index contributed by atoms with van der Waals surface area (Å²) >= 11 is 1.36. The summed E-state index contributed by atoms with van der Waals surface area (Å²) in [6.07, 6.45) is -2.24. The highest BCUT2D eigenvalue weighted by atomic mass is 32.2. The molecule has 3 aromatic carbocycles. The first-order valence-corrected chi connectivity index (χ1v) is 16.8. The van der Waals surface area contributed by atoms with Crippen LogP contribution in [0.5, 0.6) is 0 Å². The van der Waals surface area contributed by atoms with Gasteiger partial charge in [0, 0.05) is 36.6 Å². The number of hydrogen-bond donors (Lipinski definition) is 0. The quantitative estimate of drug-likeness (QED) is 0.0858. The third-order valence-electron chi connectivity index (χ3n) is 8.58. The number of benzene rings is 3. The molecule has 1 amide bonds. The smallest absolute Gasteiger partial charge is 0.336 e. The molecule has 0 fully saturated rings. The molecule has 5 rings (SSSR count). The summed E-state index contributed by atoms with van der Waals surface area (Å²) in [5.74, 6) is 0.0412. The van der Waals surface area contributed by atoms with Crippen LogP contribution in [0, 0.1) is 5.82 Å². The third-order valence-corrected chi connectivity index (χ3v) is 9.63. The number of aromatic nitrogens is 2. The second-order valence-electron chi connectivity index (χ2n) is 11.6. The molecular formula is C36H38F4N4O2S. The van der Waals surface area contributed by atoms with Crippen LogP contribution in [0.4, 0.5) is 17.6 Å². The highest BCUT2D eigenvalue weighted by Crippen LogP contribution is 2.31. The zero-order valence-corrected chi connectivity index (χ0v) is 27.3. The molecule has 0 N–H and O–H groups in total. The van der Waals surface area contributed by atoms with Crippen molar-refractivity contribution in [2.24, 2.45) is 0 Å². The molecule has 0 aliphatic heterocycles. The first-order valence-electron chi connectivity index (χ1n) is 15.8. The van der Waals surface area contributed by atoms with E-state index >= 15 is 0 Å². The fourth-order valence-corrected chi connectivity index (χ4v) is 6.76. The largest absolute Gasteiger partial charge is 0.416 e. The molecule has 47 heavy (non-hydrogen) atoms. The minimum absolute atomic E-state index is 0.0310. The zero-order valence-electron chi connectivity index (χ0n) is 26.5. The first-order chi connectivity index (χ1) is 22.5. The van der Waals surface area contributed by atoms with Crippen LogP contribution < -0.4 is 5.56 Å². The standard InChI is InChI=1S/C36H38F4N4O2S/c1-3-42(4-2)20-21-43(22-25-8-12-27(13-9-25)28-14-16-29(17-15-28)36(38,39)40)33(45)23-44-32-7-5-6-31(32)34(46)41-35(44)47-24-26-10-18-30(37)19-11-26/h8-19H,3-7,20-24H2,1-2H3/i37-1. The van der Waals surface area contributed by atoms with Gasteiger partial charge in [-0.05, 0) is 78.9 Å². The van der Waals surface area contributed by atoms with Gasteiger partial charge in [0.05, 0.1) is 5.56 Å². The van der Waals surface area contributed by atoms with Crippen molar-refractivity contribution < 1.29 is 22.4 Å². The Balaban J connectivity index is 1.37.